The Balaban J connectivity index is 3.31. The average molecular weight is 67.1 g/mol. The molecule has 1 heteroatoms. The fraction of sp³-hybridized carbons (Fsp3) is 0. The molecule has 1 nitrogen and oxygen atoms in total. The highest BCUT2D eigenvalue weighted by molar-refractivity contribution is 5.43. The van der Waals surface area contributed by atoms with E-state index >= 15 is 0 Å². The molecule has 0 saturated heterocycles. The molecule has 0 fully saturated rings. The van der Waals surface area contributed by atoms with Gasteiger partial charge in [0.05, 0.1) is 6.08 Å². The minimum atomic E-state index is 1.26. The van der Waals surface area contributed by atoms with Crippen molar-refractivity contribution in [3.05, 3.63) is 18.7 Å². The van der Waals surface area contributed by atoms with Crippen LogP contribution < -0.4 is 0 Å². The molecular formula is C4H3O. The van der Waals surface area contributed by atoms with Crippen LogP contribution in [0.15, 0.2) is 12.7 Å². The van der Waals surface area contributed by atoms with E-state index in [0.29, 0.717) is 0 Å². The largest absolute Gasteiger partial charge is 0.233 e. The zero-order valence-electron chi connectivity index (χ0n) is 2.69. The minimum absolute atomic E-state index is 1.26. The third-order valence-corrected chi connectivity index (χ3v) is 0.161. The van der Waals surface area contributed by atoms with Crippen LogP contribution in [0.3, 0.4) is 0 Å². The Bertz CT molecular complexity index is 67.7. The van der Waals surface area contributed by atoms with Crippen LogP contribution in [-0.2, 0) is 4.79 Å². The molecule has 0 rings (SSSR count). The van der Waals surface area contributed by atoms with Gasteiger partial charge in [-0.3, -0.25) is 0 Å². The Morgan fingerprint density at radius 2 is 2.40 bits per heavy atom. The quantitative estimate of drug-likeness (QED) is 0.320. The first kappa shape index (κ1) is 4.19. The van der Waals surface area contributed by atoms with Gasteiger partial charge in [-0.25, -0.2) is 4.79 Å². The number of allylic oxidation sites excluding steroid dienone is 2. The third kappa shape index (κ3) is 3.19. The van der Waals surface area contributed by atoms with Gasteiger partial charge < -0.3 is 0 Å². The molecule has 0 amide bonds. The molecule has 0 saturated carbocycles. The minimum Gasteiger partial charge on any atom is -0.233 e. The van der Waals surface area contributed by atoms with Crippen LogP contribution in [0.2, 0.25) is 0 Å². The van der Waals surface area contributed by atoms with Crippen molar-refractivity contribution in [1.29, 1.82) is 0 Å². The lowest BCUT2D eigenvalue weighted by atomic mass is 10.6. The normalized spacial score (nSPS) is 4.80. The number of hydrogen-bond acceptors (Lipinski definition) is 1. The van der Waals surface area contributed by atoms with E-state index in [1.165, 1.54) is 12.0 Å². The van der Waals surface area contributed by atoms with Gasteiger partial charge in [0.1, 0.15) is 5.94 Å². The van der Waals surface area contributed by atoms with Gasteiger partial charge >= 0.3 is 0 Å². The molecule has 5 heavy (non-hydrogen) atoms. The van der Waals surface area contributed by atoms with Crippen molar-refractivity contribution in [2.45, 2.75) is 0 Å². The van der Waals surface area contributed by atoms with Crippen molar-refractivity contribution in [2.24, 2.45) is 0 Å². The lowest BCUT2D eigenvalue weighted by molar-refractivity contribution is 0.568. The Morgan fingerprint density at radius 3 is 2.40 bits per heavy atom. The molecule has 0 aromatic rings. The van der Waals surface area contributed by atoms with Gasteiger partial charge in [-0.05, 0) is 6.08 Å². The molecule has 25 valence electrons. The van der Waals surface area contributed by atoms with Crippen LogP contribution in [0.1, 0.15) is 0 Å². The topological polar surface area (TPSA) is 17.1 Å². The molecule has 1 radical (unpaired) electrons. The second-order valence-electron chi connectivity index (χ2n) is 0.451. The second kappa shape index (κ2) is 3.19. The highest BCUT2D eigenvalue weighted by atomic mass is 16.1. The van der Waals surface area contributed by atoms with Gasteiger partial charge in [0, 0.05) is 0 Å². The summed E-state index contributed by atoms with van der Waals surface area (Å²) in [4.78, 5) is 9.10. The Morgan fingerprint density at radius 1 is 1.80 bits per heavy atom. The summed E-state index contributed by atoms with van der Waals surface area (Å²) in [6, 6.07) is 0. The molecule has 0 aliphatic heterocycles. The van der Waals surface area contributed by atoms with E-state index in [1.807, 2.05) is 0 Å². The molecular weight excluding hydrogens is 64.0 g/mol. The fourth-order valence-electron chi connectivity index (χ4n) is 0.0417. The van der Waals surface area contributed by atoms with E-state index < -0.39 is 0 Å². The van der Waals surface area contributed by atoms with E-state index in [0.717, 1.165) is 0 Å². The predicted octanol–water partition coefficient (Wildman–Crippen LogP) is 0.363. The SMILES string of the molecule is C=C[C]=C=O. The monoisotopic (exact) mass is 67.0 g/mol. The summed E-state index contributed by atoms with van der Waals surface area (Å²) in [6.07, 6.45) is 3.33. The van der Waals surface area contributed by atoms with E-state index in [2.05, 4.69) is 12.7 Å². The molecule has 0 atom stereocenters. The van der Waals surface area contributed by atoms with Gasteiger partial charge in [-0.2, -0.15) is 0 Å². The van der Waals surface area contributed by atoms with Crippen LogP contribution in [-0.4, -0.2) is 5.94 Å². The van der Waals surface area contributed by atoms with Crippen molar-refractivity contribution in [3.8, 4) is 0 Å². The summed E-state index contributed by atoms with van der Waals surface area (Å²) in [5, 5.41) is 0. The molecule has 0 spiro atoms. The Labute approximate surface area is 30.6 Å². The van der Waals surface area contributed by atoms with E-state index in [1.54, 1.807) is 0 Å². The second-order valence-corrected chi connectivity index (χ2v) is 0.451. The predicted molar refractivity (Wildman–Crippen MR) is 19.1 cm³/mol. The summed E-state index contributed by atoms with van der Waals surface area (Å²) in [5.41, 5.74) is 0. The smallest absolute Gasteiger partial charge is 0.133 e. The van der Waals surface area contributed by atoms with Gasteiger partial charge in [0.2, 0.25) is 0 Å². The molecule has 0 bridgehead atoms. The molecule has 0 unspecified atom stereocenters. The summed E-state index contributed by atoms with van der Waals surface area (Å²) in [7, 11) is 0. The molecule has 0 aliphatic carbocycles. The Hall–Kier alpha value is -0.810. The zero-order chi connectivity index (χ0) is 4.12. The van der Waals surface area contributed by atoms with Crippen LogP contribution >= 0.6 is 0 Å². The maximum atomic E-state index is 9.10. The lowest BCUT2D eigenvalue weighted by Crippen LogP contribution is -1.40. The first-order valence-electron chi connectivity index (χ1n) is 1.15. The first-order chi connectivity index (χ1) is 2.41. The van der Waals surface area contributed by atoms with Crippen LogP contribution in [0.5, 0.6) is 0 Å². The third-order valence-electron chi connectivity index (χ3n) is 0.161. The molecule has 0 aromatic carbocycles. The maximum Gasteiger partial charge on any atom is 0.133 e. The van der Waals surface area contributed by atoms with Crippen LogP contribution in [0.25, 0.3) is 0 Å². The van der Waals surface area contributed by atoms with E-state index in [-0.39, 0.29) is 0 Å². The first-order valence-corrected chi connectivity index (χ1v) is 1.15. The van der Waals surface area contributed by atoms with Gasteiger partial charge in [0.25, 0.3) is 0 Å². The van der Waals surface area contributed by atoms with Crippen LogP contribution in [0, 0.1) is 6.08 Å². The average Bonchev–Trinajstić information content (AvgIpc) is 1.41. The molecule has 0 heterocycles. The highest BCUT2D eigenvalue weighted by Gasteiger charge is 1.44. The lowest BCUT2D eigenvalue weighted by Gasteiger charge is -1.40. The molecule has 0 N–H and O–H groups in total. The van der Waals surface area contributed by atoms with Crippen LogP contribution in [0.4, 0.5) is 0 Å². The zero-order valence-corrected chi connectivity index (χ0v) is 2.69. The van der Waals surface area contributed by atoms with Crippen molar-refractivity contribution in [3.63, 3.8) is 0 Å². The summed E-state index contributed by atoms with van der Waals surface area (Å²) in [6.45, 7) is 3.18. The number of hydrogen-bond donors (Lipinski definition) is 0. The van der Waals surface area contributed by atoms with E-state index in [4.69, 9.17) is 4.79 Å². The van der Waals surface area contributed by atoms with Crippen molar-refractivity contribution < 1.29 is 4.79 Å². The van der Waals surface area contributed by atoms with Crippen molar-refractivity contribution in [1.82, 2.24) is 0 Å². The summed E-state index contributed by atoms with van der Waals surface area (Å²) < 4.78 is 0. The highest BCUT2D eigenvalue weighted by Crippen LogP contribution is 1.48. The fourth-order valence-corrected chi connectivity index (χ4v) is 0.0417. The van der Waals surface area contributed by atoms with Gasteiger partial charge in [-0.15, -0.1) is 0 Å². The van der Waals surface area contributed by atoms with Crippen molar-refractivity contribution in [2.75, 3.05) is 0 Å². The van der Waals surface area contributed by atoms with Gasteiger partial charge in [0.15, 0.2) is 0 Å². The number of rotatable bonds is 1. The molecule has 0 aromatic heterocycles. The molecule has 0 aliphatic rings. The summed E-state index contributed by atoms with van der Waals surface area (Å²) in [5.74, 6) is 1.40. The summed E-state index contributed by atoms with van der Waals surface area (Å²) >= 11 is 0. The van der Waals surface area contributed by atoms with Gasteiger partial charge in [-0.1, -0.05) is 6.58 Å². The number of carbonyl (C=O) groups excluding carboxylic acids is 1. The Kier molecular flexibility index (Phi) is 2.67. The maximum absolute atomic E-state index is 9.10. The standard InChI is InChI=1S/C4H3O/c1-2-3-4-5/h2H,1H2. The van der Waals surface area contributed by atoms with E-state index in [9.17, 15) is 0 Å². The van der Waals surface area contributed by atoms with Crippen molar-refractivity contribution >= 4 is 5.94 Å².